The Labute approximate surface area is 132 Å². The summed E-state index contributed by atoms with van der Waals surface area (Å²) in [5.74, 6) is 0. The van der Waals surface area contributed by atoms with E-state index in [9.17, 15) is 0 Å². The second-order valence-corrected chi connectivity index (χ2v) is 5.96. The van der Waals surface area contributed by atoms with Crippen molar-refractivity contribution in [1.29, 1.82) is 0 Å². The summed E-state index contributed by atoms with van der Waals surface area (Å²) in [4.78, 5) is 2.43. The van der Waals surface area contributed by atoms with Crippen LogP contribution in [0.5, 0.6) is 0 Å². The minimum Gasteiger partial charge on any atom is -0.374 e. The van der Waals surface area contributed by atoms with E-state index in [-0.39, 0.29) is 12.1 Å². The smallest absolute Gasteiger partial charge is 0.0858 e. The molecule has 5 nitrogen and oxygen atoms in total. The summed E-state index contributed by atoms with van der Waals surface area (Å²) in [6.07, 6.45) is 1.89. The topological polar surface area (TPSA) is 42.3 Å². The van der Waals surface area contributed by atoms with Gasteiger partial charge in [0, 0.05) is 32.6 Å². The average Bonchev–Trinajstić information content (AvgIpc) is 2.79. The van der Waals surface area contributed by atoms with Gasteiger partial charge in [0.05, 0.1) is 29.1 Å². The molecule has 6 heteroatoms. The maximum atomic E-state index is 6.46. The highest BCUT2D eigenvalue weighted by atomic mass is 35.5. The second kappa shape index (κ2) is 7.58. The molecule has 2 rings (SSSR count). The van der Waals surface area contributed by atoms with E-state index < -0.39 is 0 Å². The molecule has 2 atom stereocenters. The second-order valence-electron chi connectivity index (χ2n) is 5.59. The van der Waals surface area contributed by atoms with Crippen molar-refractivity contribution in [3.63, 3.8) is 0 Å². The molecule has 0 aromatic carbocycles. The van der Waals surface area contributed by atoms with Crippen LogP contribution in [0.15, 0.2) is 0 Å². The molecule has 1 aliphatic rings. The third-order valence-corrected chi connectivity index (χ3v) is 4.80. The third kappa shape index (κ3) is 3.77. The molecule has 21 heavy (non-hydrogen) atoms. The van der Waals surface area contributed by atoms with Crippen LogP contribution in [0.3, 0.4) is 0 Å². The molecule has 1 aromatic rings. The van der Waals surface area contributed by atoms with Crippen LogP contribution in [0.25, 0.3) is 0 Å². The predicted octanol–water partition coefficient (Wildman–Crippen LogP) is 1.49. The number of nitrogens with one attached hydrogen (secondary N) is 1. The minimum absolute atomic E-state index is 0.194. The molecule has 1 saturated heterocycles. The summed E-state index contributed by atoms with van der Waals surface area (Å²) in [5, 5.41) is 8.70. The lowest BCUT2D eigenvalue weighted by molar-refractivity contribution is -0.0438. The predicted molar refractivity (Wildman–Crippen MR) is 86.0 cm³/mol. The fraction of sp³-hybridized carbons (Fsp3) is 0.800. The van der Waals surface area contributed by atoms with Crippen LogP contribution in [-0.4, -0.2) is 60.1 Å². The summed E-state index contributed by atoms with van der Waals surface area (Å²) in [6.45, 7) is 8.14. The molecule has 0 saturated carbocycles. The number of hydrogen-bond acceptors (Lipinski definition) is 4. The van der Waals surface area contributed by atoms with Crippen LogP contribution in [0.1, 0.15) is 25.2 Å². The van der Waals surface area contributed by atoms with Gasteiger partial charge >= 0.3 is 0 Å². The zero-order valence-electron chi connectivity index (χ0n) is 13.5. The molecule has 0 spiro atoms. The average molecular weight is 315 g/mol. The maximum absolute atomic E-state index is 6.46. The van der Waals surface area contributed by atoms with Gasteiger partial charge < -0.3 is 10.1 Å². The molecule has 2 heterocycles. The van der Waals surface area contributed by atoms with Gasteiger partial charge in [-0.3, -0.25) is 9.58 Å². The van der Waals surface area contributed by atoms with E-state index in [4.69, 9.17) is 16.3 Å². The van der Waals surface area contributed by atoms with Gasteiger partial charge in [0.2, 0.25) is 0 Å². The van der Waals surface area contributed by atoms with Crippen molar-refractivity contribution in [2.24, 2.45) is 7.05 Å². The van der Waals surface area contributed by atoms with Crippen molar-refractivity contribution >= 4 is 11.6 Å². The number of rotatable bonds is 6. The number of nitrogens with zero attached hydrogens (tertiary/aromatic N) is 3. The van der Waals surface area contributed by atoms with Gasteiger partial charge in [-0.2, -0.15) is 5.10 Å². The molecular weight excluding hydrogens is 288 g/mol. The van der Waals surface area contributed by atoms with E-state index in [1.165, 1.54) is 0 Å². The Morgan fingerprint density at radius 1 is 1.48 bits per heavy atom. The van der Waals surface area contributed by atoms with Gasteiger partial charge in [0.25, 0.3) is 0 Å². The third-order valence-electron chi connectivity index (χ3n) is 4.36. The fourth-order valence-electron chi connectivity index (χ4n) is 2.93. The molecule has 0 radical (unpaired) electrons. The lowest BCUT2D eigenvalue weighted by atomic mass is 10.0. The Kier molecular flexibility index (Phi) is 6.05. The van der Waals surface area contributed by atoms with E-state index in [1.54, 1.807) is 0 Å². The van der Waals surface area contributed by atoms with E-state index >= 15 is 0 Å². The highest BCUT2D eigenvalue weighted by molar-refractivity contribution is 6.31. The maximum Gasteiger partial charge on any atom is 0.0858 e. The summed E-state index contributed by atoms with van der Waals surface area (Å²) < 4.78 is 7.88. The van der Waals surface area contributed by atoms with Gasteiger partial charge in [-0.25, -0.2) is 0 Å². The van der Waals surface area contributed by atoms with Crippen LogP contribution >= 0.6 is 11.6 Å². The molecule has 0 bridgehead atoms. The van der Waals surface area contributed by atoms with Crippen LogP contribution in [-0.2, 0) is 24.6 Å². The van der Waals surface area contributed by atoms with Crippen LogP contribution < -0.4 is 5.32 Å². The Balaban J connectivity index is 2.10. The lowest BCUT2D eigenvalue weighted by Gasteiger charge is -2.36. The van der Waals surface area contributed by atoms with Gasteiger partial charge in [0.1, 0.15) is 0 Å². The molecule has 1 N–H and O–H groups in total. The minimum atomic E-state index is 0.194. The largest absolute Gasteiger partial charge is 0.374 e. The molecule has 1 aliphatic heterocycles. The van der Waals surface area contributed by atoms with E-state index in [1.807, 2.05) is 18.8 Å². The Hall–Kier alpha value is -0.620. The Bertz CT molecular complexity index is 463. The zero-order valence-corrected chi connectivity index (χ0v) is 14.3. The molecule has 1 fully saturated rings. The quantitative estimate of drug-likeness (QED) is 0.864. The molecule has 0 amide bonds. The zero-order chi connectivity index (χ0) is 15.4. The molecule has 1 aromatic heterocycles. The van der Waals surface area contributed by atoms with Crippen molar-refractivity contribution in [3.8, 4) is 0 Å². The SMILES string of the molecule is CCc1nn(C)c(CC(NC)C2CN(CC)CCO2)c1Cl. The first-order valence-corrected chi connectivity index (χ1v) is 8.19. The summed E-state index contributed by atoms with van der Waals surface area (Å²) in [5.41, 5.74) is 2.06. The number of hydrogen-bond donors (Lipinski definition) is 1. The van der Waals surface area contributed by atoms with Crippen molar-refractivity contribution in [1.82, 2.24) is 20.0 Å². The first kappa shape index (κ1) is 16.7. The van der Waals surface area contributed by atoms with Crippen LogP contribution in [0, 0.1) is 0 Å². The monoisotopic (exact) mass is 314 g/mol. The highest BCUT2D eigenvalue weighted by Gasteiger charge is 2.28. The van der Waals surface area contributed by atoms with E-state index in [0.717, 1.165) is 55.5 Å². The molecule has 2 unspecified atom stereocenters. The van der Waals surface area contributed by atoms with Crippen molar-refractivity contribution < 1.29 is 4.74 Å². The van der Waals surface area contributed by atoms with Crippen molar-refractivity contribution in [2.45, 2.75) is 38.8 Å². The number of aryl methyl sites for hydroxylation is 2. The first-order valence-electron chi connectivity index (χ1n) is 7.82. The van der Waals surface area contributed by atoms with Crippen LogP contribution in [0.2, 0.25) is 5.02 Å². The van der Waals surface area contributed by atoms with Gasteiger partial charge in [-0.1, -0.05) is 25.4 Å². The first-order chi connectivity index (χ1) is 10.1. The molecule has 0 aliphatic carbocycles. The number of likely N-dealkylation sites (N-methyl/N-ethyl adjacent to an activating group) is 2. The standard InChI is InChI=1S/C15H27ClN4O/c1-5-11-15(16)13(19(4)18-11)9-12(17-3)14-10-20(6-2)7-8-21-14/h12,14,17H,5-10H2,1-4H3. The van der Waals surface area contributed by atoms with Gasteiger partial charge in [-0.05, 0) is 20.0 Å². The fourth-order valence-corrected chi connectivity index (χ4v) is 3.30. The number of aromatic nitrogens is 2. The van der Waals surface area contributed by atoms with E-state index in [0.29, 0.717) is 0 Å². The molecule has 120 valence electrons. The molecular formula is C15H27ClN4O. The summed E-state index contributed by atoms with van der Waals surface area (Å²) >= 11 is 6.46. The van der Waals surface area contributed by atoms with Crippen molar-refractivity contribution in [2.75, 3.05) is 33.3 Å². The number of halogens is 1. The summed E-state index contributed by atoms with van der Waals surface area (Å²) in [6, 6.07) is 0.247. The van der Waals surface area contributed by atoms with Gasteiger partial charge in [0.15, 0.2) is 0 Å². The Morgan fingerprint density at radius 3 is 2.81 bits per heavy atom. The van der Waals surface area contributed by atoms with E-state index in [2.05, 4.69) is 29.2 Å². The highest BCUT2D eigenvalue weighted by Crippen LogP contribution is 2.23. The Morgan fingerprint density at radius 2 is 2.24 bits per heavy atom. The lowest BCUT2D eigenvalue weighted by Crippen LogP contribution is -2.52. The number of ether oxygens (including phenoxy) is 1. The summed E-state index contributed by atoms with van der Waals surface area (Å²) in [7, 11) is 3.96. The normalized spacial score (nSPS) is 21.7. The van der Waals surface area contributed by atoms with Crippen molar-refractivity contribution in [3.05, 3.63) is 16.4 Å². The van der Waals surface area contributed by atoms with Gasteiger partial charge in [-0.15, -0.1) is 0 Å². The number of morpholine rings is 1. The van der Waals surface area contributed by atoms with Crippen LogP contribution in [0.4, 0.5) is 0 Å².